The summed E-state index contributed by atoms with van der Waals surface area (Å²) in [5.41, 5.74) is 0.893. The van der Waals surface area contributed by atoms with Crippen molar-refractivity contribution in [3.05, 3.63) is 23.2 Å². The number of quaternary nitrogens is 1. The fourth-order valence-corrected chi connectivity index (χ4v) is 4.41. The van der Waals surface area contributed by atoms with Gasteiger partial charge in [0.1, 0.15) is 18.4 Å². The second kappa shape index (κ2) is 9.22. The predicted molar refractivity (Wildman–Crippen MR) is 110 cm³/mol. The van der Waals surface area contributed by atoms with Crippen LogP contribution in [0.5, 0.6) is 5.75 Å². The second-order valence-corrected chi connectivity index (χ2v) is 8.02. The molecule has 0 saturated carbocycles. The number of hydrogen-bond acceptors (Lipinski definition) is 3. The fourth-order valence-electron chi connectivity index (χ4n) is 3.85. The molecule has 2 heterocycles. The monoisotopic (exact) mass is 398 g/mol. The van der Waals surface area contributed by atoms with Crippen LogP contribution in [0.15, 0.2) is 18.2 Å². The van der Waals surface area contributed by atoms with Crippen molar-refractivity contribution in [1.82, 2.24) is 4.90 Å². The third kappa shape index (κ3) is 5.00. The number of piperidine rings is 1. The first-order valence-electron chi connectivity index (χ1n) is 9.40. The van der Waals surface area contributed by atoms with Gasteiger partial charge < -0.3 is 24.6 Å². The third-order valence-corrected chi connectivity index (χ3v) is 6.11. The topological polar surface area (TPSA) is 38.2 Å². The number of nitrogens with one attached hydrogen (secondary N) is 2. The number of benzene rings is 1. The molecule has 0 radical (unpaired) electrons. The lowest BCUT2D eigenvalue weighted by Gasteiger charge is -2.36. The van der Waals surface area contributed by atoms with Gasteiger partial charge in [0, 0.05) is 38.2 Å². The molecule has 26 heavy (non-hydrogen) atoms. The maximum Gasteiger partial charge on any atom is 0.173 e. The SMILES string of the molecule is COc1ccc(NC(=S)N2CCC([NH+](C)CC3CCCO3)CC2)cc1Cl. The molecular formula is C19H29ClN3O2S+. The van der Waals surface area contributed by atoms with E-state index in [1.54, 1.807) is 12.0 Å². The van der Waals surface area contributed by atoms with Crippen molar-refractivity contribution in [3.8, 4) is 5.75 Å². The Labute approximate surface area is 166 Å². The molecule has 0 spiro atoms. The Bertz CT molecular complexity index is 617. The predicted octanol–water partition coefficient (Wildman–Crippen LogP) is 2.20. The van der Waals surface area contributed by atoms with Gasteiger partial charge in [0.2, 0.25) is 0 Å². The summed E-state index contributed by atoms with van der Waals surface area (Å²) in [5, 5.41) is 4.64. The third-order valence-electron chi connectivity index (χ3n) is 5.46. The molecule has 2 N–H and O–H groups in total. The number of rotatable bonds is 5. The van der Waals surface area contributed by atoms with Gasteiger partial charge in [0.25, 0.3) is 0 Å². The lowest BCUT2D eigenvalue weighted by atomic mass is 10.0. The maximum absolute atomic E-state index is 6.19. The van der Waals surface area contributed by atoms with Crippen molar-refractivity contribution in [2.24, 2.45) is 0 Å². The number of hydrogen-bond donors (Lipinski definition) is 2. The van der Waals surface area contributed by atoms with Gasteiger partial charge in [-0.1, -0.05) is 11.6 Å². The van der Waals surface area contributed by atoms with Crippen molar-refractivity contribution >= 4 is 34.6 Å². The molecule has 0 amide bonds. The maximum atomic E-state index is 6.19. The van der Waals surface area contributed by atoms with Crippen LogP contribution in [0.2, 0.25) is 5.02 Å². The van der Waals surface area contributed by atoms with Crippen LogP contribution in [0, 0.1) is 0 Å². The van der Waals surface area contributed by atoms with Crippen molar-refractivity contribution in [2.75, 3.05) is 45.7 Å². The highest BCUT2D eigenvalue weighted by Crippen LogP contribution is 2.27. The molecule has 2 fully saturated rings. The highest BCUT2D eigenvalue weighted by atomic mass is 35.5. The van der Waals surface area contributed by atoms with E-state index in [-0.39, 0.29) is 0 Å². The highest BCUT2D eigenvalue weighted by Gasteiger charge is 2.29. The van der Waals surface area contributed by atoms with Gasteiger partial charge in [-0.15, -0.1) is 0 Å². The summed E-state index contributed by atoms with van der Waals surface area (Å²) in [4.78, 5) is 3.85. The van der Waals surface area contributed by atoms with Crippen LogP contribution < -0.4 is 15.0 Å². The van der Waals surface area contributed by atoms with Gasteiger partial charge in [-0.05, 0) is 43.3 Å². The van der Waals surface area contributed by atoms with Crippen LogP contribution in [0.1, 0.15) is 25.7 Å². The Hall–Kier alpha value is -1.08. The van der Waals surface area contributed by atoms with E-state index in [1.165, 1.54) is 12.8 Å². The van der Waals surface area contributed by atoms with Crippen molar-refractivity contribution < 1.29 is 14.4 Å². The summed E-state index contributed by atoms with van der Waals surface area (Å²) < 4.78 is 11.0. The van der Waals surface area contributed by atoms with Gasteiger partial charge in [0.15, 0.2) is 5.11 Å². The normalized spacial score (nSPS) is 22.3. The molecule has 144 valence electrons. The van der Waals surface area contributed by atoms with Gasteiger partial charge in [-0.2, -0.15) is 0 Å². The molecule has 2 atom stereocenters. The average molecular weight is 399 g/mol. The minimum atomic E-state index is 0.454. The molecule has 0 aliphatic carbocycles. The molecule has 2 unspecified atom stereocenters. The first-order chi connectivity index (χ1) is 12.6. The highest BCUT2D eigenvalue weighted by molar-refractivity contribution is 7.80. The zero-order chi connectivity index (χ0) is 18.5. The Morgan fingerprint density at radius 3 is 2.77 bits per heavy atom. The number of likely N-dealkylation sites (tertiary alicyclic amines) is 1. The number of halogens is 1. The number of likely N-dealkylation sites (N-methyl/N-ethyl adjacent to an activating group) is 1. The first-order valence-corrected chi connectivity index (χ1v) is 10.2. The molecule has 7 heteroatoms. The van der Waals surface area contributed by atoms with E-state index in [2.05, 4.69) is 17.3 Å². The lowest BCUT2D eigenvalue weighted by molar-refractivity contribution is -0.910. The molecule has 3 rings (SSSR count). The Morgan fingerprint density at radius 1 is 1.38 bits per heavy atom. The number of ether oxygens (including phenoxy) is 2. The van der Waals surface area contributed by atoms with E-state index >= 15 is 0 Å². The summed E-state index contributed by atoms with van der Waals surface area (Å²) in [6.45, 7) is 4.04. The molecule has 0 aromatic heterocycles. The Kier molecular flexibility index (Phi) is 6.98. The van der Waals surface area contributed by atoms with E-state index in [4.69, 9.17) is 33.3 Å². The van der Waals surface area contributed by atoms with E-state index in [1.807, 2.05) is 18.2 Å². The molecule has 0 bridgehead atoms. The molecule has 2 aliphatic rings. The van der Waals surface area contributed by atoms with Crippen LogP contribution in [-0.4, -0.2) is 62.6 Å². The minimum Gasteiger partial charge on any atom is -0.495 e. The molecule has 1 aromatic carbocycles. The van der Waals surface area contributed by atoms with Crippen molar-refractivity contribution in [2.45, 2.75) is 37.8 Å². The summed E-state index contributed by atoms with van der Waals surface area (Å²) in [6, 6.07) is 6.32. The molecule has 5 nitrogen and oxygen atoms in total. The first kappa shape index (κ1) is 19.7. The van der Waals surface area contributed by atoms with Gasteiger partial charge in [0.05, 0.1) is 25.2 Å². The number of nitrogens with zero attached hydrogens (tertiary/aromatic N) is 1. The summed E-state index contributed by atoms with van der Waals surface area (Å²) in [7, 11) is 3.92. The van der Waals surface area contributed by atoms with Crippen LogP contribution in [0.4, 0.5) is 5.69 Å². The minimum absolute atomic E-state index is 0.454. The van der Waals surface area contributed by atoms with Gasteiger partial charge >= 0.3 is 0 Å². The summed E-state index contributed by atoms with van der Waals surface area (Å²) in [5.74, 6) is 0.668. The Morgan fingerprint density at radius 2 is 2.15 bits per heavy atom. The van der Waals surface area contributed by atoms with E-state index in [0.29, 0.717) is 22.9 Å². The Balaban J connectivity index is 1.46. The summed E-state index contributed by atoms with van der Waals surface area (Å²) >= 11 is 11.8. The smallest absolute Gasteiger partial charge is 0.173 e. The lowest BCUT2D eigenvalue weighted by Crippen LogP contribution is -3.14. The number of methoxy groups -OCH3 is 1. The van der Waals surface area contributed by atoms with Crippen LogP contribution in [0.3, 0.4) is 0 Å². The molecule has 1 aromatic rings. The second-order valence-electron chi connectivity index (χ2n) is 7.23. The summed E-state index contributed by atoms with van der Waals surface area (Å²) in [6.07, 6.45) is 5.20. The molecule has 2 saturated heterocycles. The largest absolute Gasteiger partial charge is 0.495 e. The van der Waals surface area contributed by atoms with Gasteiger partial charge in [-0.25, -0.2) is 0 Å². The average Bonchev–Trinajstić information content (AvgIpc) is 3.15. The van der Waals surface area contributed by atoms with E-state index < -0.39 is 0 Å². The molecule has 2 aliphatic heterocycles. The van der Waals surface area contributed by atoms with Crippen molar-refractivity contribution in [1.29, 1.82) is 0 Å². The standard InChI is InChI=1S/C19H28ClN3O2S/c1-22(13-16-4-3-11-25-16)15-7-9-23(10-8-15)19(26)21-14-5-6-18(24-2)17(20)12-14/h5-6,12,15-16H,3-4,7-11,13H2,1-2H3,(H,21,26)/p+1. The van der Waals surface area contributed by atoms with E-state index in [9.17, 15) is 0 Å². The zero-order valence-corrected chi connectivity index (χ0v) is 17.2. The zero-order valence-electron chi connectivity index (χ0n) is 15.6. The van der Waals surface area contributed by atoms with Crippen molar-refractivity contribution in [3.63, 3.8) is 0 Å². The van der Waals surface area contributed by atoms with Crippen LogP contribution in [0.25, 0.3) is 0 Å². The quantitative estimate of drug-likeness (QED) is 0.744. The van der Waals surface area contributed by atoms with Crippen LogP contribution >= 0.6 is 23.8 Å². The number of anilines is 1. The van der Waals surface area contributed by atoms with Gasteiger partial charge in [-0.3, -0.25) is 0 Å². The van der Waals surface area contributed by atoms with E-state index in [0.717, 1.165) is 49.9 Å². The number of thiocarbonyl (C=S) groups is 1. The molecular weight excluding hydrogens is 370 g/mol. The van der Waals surface area contributed by atoms with Crippen LogP contribution in [-0.2, 0) is 4.74 Å². The fraction of sp³-hybridized carbons (Fsp3) is 0.632.